The van der Waals surface area contributed by atoms with Crippen molar-refractivity contribution in [2.45, 2.75) is 52.1 Å². The number of hydrogen-bond donors (Lipinski definition) is 1. The normalized spacial score (nSPS) is 12.6. The molecule has 0 aliphatic carbocycles. The molecule has 0 amide bonds. The lowest BCUT2D eigenvalue weighted by atomic mass is 9.92. The zero-order chi connectivity index (χ0) is 24.9. The number of tetrazole rings is 1. The molecule has 3 rings (SSSR count). The molecule has 0 saturated carbocycles. The van der Waals surface area contributed by atoms with Gasteiger partial charge in [-0.15, -0.1) is 0 Å². The van der Waals surface area contributed by atoms with Crippen LogP contribution in [0.25, 0.3) is 17.0 Å². The van der Waals surface area contributed by atoms with Crippen LogP contribution in [0.1, 0.15) is 61.3 Å². The highest BCUT2D eigenvalue weighted by Gasteiger charge is 2.31. The van der Waals surface area contributed by atoms with Crippen LogP contribution in [0.2, 0.25) is 0 Å². The third-order valence-electron chi connectivity index (χ3n) is 5.64. The van der Waals surface area contributed by atoms with E-state index in [1.165, 1.54) is 13.1 Å². The molecule has 1 aromatic heterocycles. The number of halogens is 3. The van der Waals surface area contributed by atoms with Gasteiger partial charge in [0, 0.05) is 18.2 Å². The van der Waals surface area contributed by atoms with Crippen LogP contribution in [0.15, 0.2) is 47.3 Å². The summed E-state index contributed by atoms with van der Waals surface area (Å²) in [6, 6.07) is 10.3. The van der Waals surface area contributed by atoms with Gasteiger partial charge in [-0.3, -0.25) is 0 Å². The Morgan fingerprint density at radius 2 is 1.82 bits per heavy atom. The Morgan fingerprint density at radius 3 is 2.44 bits per heavy atom. The van der Waals surface area contributed by atoms with Gasteiger partial charge in [-0.25, -0.2) is 4.79 Å². The largest absolute Gasteiger partial charge is 0.416 e. The summed E-state index contributed by atoms with van der Waals surface area (Å²) in [5.74, 6) is 5.94. The number of hydrogen-bond acceptors (Lipinski definition) is 5. The molecule has 0 bridgehead atoms. The highest BCUT2D eigenvalue weighted by molar-refractivity contribution is 5.91. The fourth-order valence-electron chi connectivity index (χ4n) is 3.87. The highest BCUT2D eigenvalue weighted by Crippen LogP contribution is 2.37. The van der Waals surface area contributed by atoms with E-state index in [2.05, 4.69) is 17.4 Å². The minimum Gasteiger partial charge on any atom is -0.410 e. The highest BCUT2D eigenvalue weighted by atomic mass is 19.4. The van der Waals surface area contributed by atoms with E-state index < -0.39 is 17.4 Å². The van der Waals surface area contributed by atoms with Crippen LogP contribution >= 0.6 is 0 Å². The maximum Gasteiger partial charge on any atom is 0.416 e. The van der Waals surface area contributed by atoms with E-state index in [1.807, 2.05) is 0 Å². The first-order valence-electron chi connectivity index (χ1n) is 11.1. The third kappa shape index (κ3) is 5.39. The molecule has 0 unspecified atom stereocenters. The number of unbranched alkanes of at least 4 members (excludes halogenated alkanes) is 3. The summed E-state index contributed by atoms with van der Waals surface area (Å²) >= 11 is 0. The van der Waals surface area contributed by atoms with Gasteiger partial charge in [0.25, 0.3) is 0 Å². The van der Waals surface area contributed by atoms with Gasteiger partial charge >= 0.3 is 11.9 Å². The van der Waals surface area contributed by atoms with Gasteiger partial charge in [0.05, 0.1) is 11.3 Å². The molecule has 0 spiro atoms. The van der Waals surface area contributed by atoms with Gasteiger partial charge in [-0.1, -0.05) is 50.5 Å². The van der Waals surface area contributed by atoms with Gasteiger partial charge in [0.2, 0.25) is 0 Å². The SMILES string of the molecule is CCCCCC/C(=C(/ON)c1c(C)cccc1-n1nnn(C)c1=O)c1cccc(C(F)(F)F)c1. The van der Waals surface area contributed by atoms with E-state index >= 15 is 0 Å². The van der Waals surface area contributed by atoms with Crippen LogP contribution in [-0.2, 0) is 18.1 Å². The summed E-state index contributed by atoms with van der Waals surface area (Å²) in [6.07, 6.45) is -0.399. The van der Waals surface area contributed by atoms with E-state index in [-0.39, 0.29) is 5.76 Å². The molecule has 182 valence electrons. The third-order valence-corrected chi connectivity index (χ3v) is 5.64. The minimum absolute atomic E-state index is 0.196. The topological polar surface area (TPSA) is 88.0 Å². The average Bonchev–Trinajstić information content (AvgIpc) is 3.14. The van der Waals surface area contributed by atoms with E-state index in [0.29, 0.717) is 34.4 Å². The van der Waals surface area contributed by atoms with Crippen LogP contribution in [0.3, 0.4) is 0 Å². The maximum absolute atomic E-state index is 13.5. The molecular weight excluding hydrogens is 447 g/mol. The fourth-order valence-corrected chi connectivity index (χ4v) is 3.87. The van der Waals surface area contributed by atoms with Crippen LogP contribution in [0.4, 0.5) is 13.2 Å². The number of rotatable bonds is 9. The number of nitrogens with zero attached hydrogens (tertiary/aromatic N) is 4. The molecule has 34 heavy (non-hydrogen) atoms. The van der Waals surface area contributed by atoms with E-state index in [1.54, 1.807) is 31.2 Å². The fraction of sp³-hybridized carbons (Fsp3) is 0.375. The van der Waals surface area contributed by atoms with Crippen LogP contribution in [0, 0.1) is 6.92 Å². The smallest absolute Gasteiger partial charge is 0.410 e. The number of alkyl halides is 3. The Bertz CT molecular complexity index is 1230. The zero-order valence-electron chi connectivity index (χ0n) is 19.4. The second-order valence-corrected chi connectivity index (χ2v) is 8.08. The quantitative estimate of drug-likeness (QED) is 0.203. The van der Waals surface area contributed by atoms with Crippen LogP contribution in [-0.4, -0.2) is 19.8 Å². The van der Waals surface area contributed by atoms with E-state index in [4.69, 9.17) is 10.7 Å². The van der Waals surface area contributed by atoms with Gasteiger partial charge in [-0.05, 0) is 59.5 Å². The van der Waals surface area contributed by atoms with Crippen molar-refractivity contribution < 1.29 is 18.0 Å². The standard InChI is InChI=1S/C24H28F3N5O2/c1-4-5-6-7-13-19(17-11-9-12-18(15-17)24(25,26)27)22(34-28)21-16(2)10-8-14-20(21)32-23(33)31(3)29-30-32/h8-12,14-15H,4-7,13,28H2,1-3H3/b22-19-. The van der Waals surface area contributed by atoms with Gasteiger partial charge < -0.3 is 4.84 Å². The monoisotopic (exact) mass is 475 g/mol. The summed E-state index contributed by atoms with van der Waals surface area (Å²) in [6.45, 7) is 3.89. The number of allylic oxidation sites excluding steroid dienone is 1. The summed E-state index contributed by atoms with van der Waals surface area (Å²) in [4.78, 5) is 17.9. The first-order valence-corrected chi connectivity index (χ1v) is 11.1. The van der Waals surface area contributed by atoms with E-state index in [9.17, 15) is 18.0 Å². The lowest BCUT2D eigenvalue weighted by Crippen LogP contribution is -2.23. The predicted molar refractivity (Wildman–Crippen MR) is 124 cm³/mol. The second-order valence-electron chi connectivity index (χ2n) is 8.08. The number of benzene rings is 2. The summed E-state index contributed by atoms with van der Waals surface area (Å²) in [5.41, 5.74) is 1.19. The van der Waals surface area contributed by atoms with Crippen molar-refractivity contribution in [3.8, 4) is 5.69 Å². The Hall–Kier alpha value is -3.40. The molecule has 3 aromatic rings. The Kier molecular flexibility index (Phi) is 7.93. The van der Waals surface area contributed by atoms with Gasteiger partial charge in [0.1, 0.15) is 0 Å². The molecule has 2 N–H and O–H groups in total. The van der Waals surface area contributed by atoms with Crippen molar-refractivity contribution in [3.63, 3.8) is 0 Å². The Morgan fingerprint density at radius 1 is 1.09 bits per heavy atom. The van der Waals surface area contributed by atoms with Crippen molar-refractivity contribution >= 4 is 11.3 Å². The maximum atomic E-state index is 13.5. The predicted octanol–water partition coefficient (Wildman–Crippen LogP) is 5.02. The van der Waals surface area contributed by atoms with Crippen molar-refractivity contribution in [2.24, 2.45) is 12.9 Å². The first kappa shape index (κ1) is 25.2. The second kappa shape index (κ2) is 10.7. The van der Waals surface area contributed by atoms with Gasteiger partial charge in [0.15, 0.2) is 5.76 Å². The number of nitrogens with two attached hydrogens (primary N) is 1. The molecule has 7 nitrogen and oxygen atoms in total. The molecule has 0 aliphatic rings. The summed E-state index contributed by atoms with van der Waals surface area (Å²) in [7, 11) is 1.47. The lowest BCUT2D eigenvalue weighted by molar-refractivity contribution is -0.137. The molecule has 0 atom stereocenters. The number of aryl methyl sites for hydroxylation is 2. The molecular formula is C24H28F3N5O2. The molecule has 10 heteroatoms. The van der Waals surface area contributed by atoms with Crippen molar-refractivity contribution in [1.29, 1.82) is 0 Å². The minimum atomic E-state index is -4.49. The van der Waals surface area contributed by atoms with Crippen molar-refractivity contribution in [1.82, 2.24) is 19.8 Å². The van der Waals surface area contributed by atoms with Crippen molar-refractivity contribution in [2.75, 3.05) is 0 Å². The molecule has 1 heterocycles. The van der Waals surface area contributed by atoms with Crippen LogP contribution < -0.4 is 11.6 Å². The number of aromatic nitrogens is 4. The molecule has 0 fully saturated rings. The zero-order valence-corrected chi connectivity index (χ0v) is 19.4. The molecule has 0 radical (unpaired) electrons. The molecule has 0 aliphatic heterocycles. The average molecular weight is 476 g/mol. The Labute approximate surface area is 195 Å². The molecule has 0 saturated heterocycles. The Balaban J connectivity index is 2.27. The van der Waals surface area contributed by atoms with Crippen LogP contribution in [0.5, 0.6) is 0 Å². The van der Waals surface area contributed by atoms with Gasteiger partial charge in [-0.2, -0.15) is 28.4 Å². The van der Waals surface area contributed by atoms with Crippen molar-refractivity contribution in [3.05, 3.63) is 75.2 Å². The van der Waals surface area contributed by atoms with E-state index in [0.717, 1.165) is 47.2 Å². The first-order chi connectivity index (χ1) is 16.2. The summed E-state index contributed by atoms with van der Waals surface area (Å²) in [5, 5.41) is 7.68. The summed E-state index contributed by atoms with van der Waals surface area (Å²) < 4.78 is 42.6. The molecule has 2 aromatic carbocycles. The lowest BCUT2D eigenvalue weighted by Gasteiger charge is -2.19.